The van der Waals surface area contributed by atoms with Crippen molar-refractivity contribution < 1.29 is 19.1 Å². The van der Waals surface area contributed by atoms with Gasteiger partial charge in [-0.15, -0.1) is 0 Å². The van der Waals surface area contributed by atoms with E-state index in [1.807, 2.05) is 42.5 Å². The molecule has 0 fully saturated rings. The monoisotopic (exact) mass is 416 g/mol. The van der Waals surface area contributed by atoms with Crippen molar-refractivity contribution in [1.29, 1.82) is 0 Å². The number of hydrogen-bond donors (Lipinski definition) is 2. The van der Waals surface area contributed by atoms with Gasteiger partial charge in [-0.05, 0) is 32.0 Å². The van der Waals surface area contributed by atoms with Crippen molar-refractivity contribution in [1.82, 2.24) is 9.78 Å². The maximum absolute atomic E-state index is 13.6. The van der Waals surface area contributed by atoms with Crippen LogP contribution in [0.3, 0.4) is 0 Å². The van der Waals surface area contributed by atoms with Gasteiger partial charge in [0.2, 0.25) is 17.7 Å². The van der Waals surface area contributed by atoms with Gasteiger partial charge in [-0.2, -0.15) is 5.10 Å². The van der Waals surface area contributed by atoms with Crippen molar-refractivity contribution in [3.8, 4) is 11.6 Å². The lowest BCUT2D eigenvalue weighted by Gasteiger charge is -2.34. The van der Waals surface area contributed by atoms with Crippen LogP contribution in [-0.4, -0.2) is 28.3 Å². The molecule has 156 valence electrons. The highest BCUT2D eigenvalue weighted by Crippen LogP contribution is 2.54. The fraction of sp³-hybridized carbons (Fsp3) is 0.174. The van der Waals surface area contributed by atoms with E-state index in [4.69, 9.17) is 15.2 Å². The third kappa shape index (κ3) is 2.44. The first-order chi connectivity index (χ1) is 15.0. The third-order valence-electron chi connectivity index (χ3n) is 5.62. The summed E-state index contributed by atoms with van der Waals surface area (Å²) in [7, 11) is 0. The average Bonchev–Trinajstić information content (AvgIpc) is 3.24. The van der Waals surface area contributed by atoms with Crippen LogP contribution in [0, 0.1) is 6.92 Å². The van der Waals surface area contributed by atoms with E-state index in [9.17, 15) is 9.59 Å². The summed E-state index contributed by atoms with van der Waals surface area (Å²) in [6.45, 7) is 3.60. The van der Waals surface area contributed by atoms with Crippen LogP contribution in [0.2, 0.25) is 0 Å². The number of ether oxygens (including phenoxy) is 2. The van der Waals surface area contributed by atoms with Crippen molar-refractivity contribution in [3.05, 3.63) is 82.9 Å². The van der Waals surface area contributed by atoms with Gasteiger partial charge in [0.05, 0.1) is 23.6 Å². The number of nitrogens with zero attached hydrogens (tertiary/aromatic N) is 2. The summed E-state index contributed by atoms with van der Waals surface area (Å²) >= 11 is 0. The molecule has 8 heteroatoms. The van der Waals surface area contributed by atoms with Crippen LogP contribution in [0.25, 0.3) is 5.69 Å². The van der Waals surface area contributed by atoms with Gasteiger partial charge in [0.25, 0.3) is 0 Å². The van der Waals surface area contributed by atoms with E-state index in [0.717, 1.165) is 5.69 Å². The number of carbonyl (C=O) groups excluding carboxylic acids is 2. The number of amides is 1. The van der Waals surface area contributed by atoms with Crippen LogP contribution in [0.15, 0.2) is 66.1 Å². The second kappa shape index (κ2) is 6.73. The summed E-state index contributed by atoms with van der Waals surface area (Å²) in [5, 5.41) is 7.53. The largest absolute Gasteiger partial charge is 0.462 e. The molecule has 3 aromatic rings. The van der Waals surface area contributed by atoms with Crippen LogP contribution >= 0.6 is 0 Å². The Bertz CT molecular complexity index is 1260. The molecule has 2 aliphatic heterocycles. The minimum atomic E-state index is -1.53. The number of fused-ring (bicyclic) bond motifs is 4. The lowest BCUT2D eigenvalue weighted by molar-refractivity contribution is -0.140. The SMILES string of the molecule is CCOC(=O)C1=C(N)Oc2c(c(C)nn2-c2ccccc2)[C@]12C(=O)Nc1ccccc12. The number of aromatic nitrogens is 2. The van der Waals surface area contributed by atoms with Crippen molar-refractivity contribution >= 4 is 17.6 Å². The van der Waals surface area contributed by atoms with Crippen molar-refractivity contribution in [3.63, 3.8) is 0 Å². The molecule has 3 heterocycles. The van der Waals surface area contributed by atoms with E-state index in [-0.39, 0.29) is 18.1 Å². The number of nitrogens with two attached hydrogens (primary N) is 1. The number of rotatable bonds is 3. The van der Waals surface area contributed by atoms with E-state index in [1.54, 1.807) is 30.7 Å². The summed E-state index contributed by atoms with van der Waals surface area (Å²) < 4.78 is 12.8. The third-order valence-corrected chi connectivity index (χ3v) is 5.62. The number of esters is 1. The van der Waals surface area contributed by atoms with Gasteiger partial charge in [-0.25, -0.2) is 9.48 Å². The van der Waals surface area contributed by atoms with E-state index >= 15 is 0 Å². The molecule has 5 rings (SSSR count). The Morgan fingerprint density at radius 3 is 2.65 bits per heavy atom. The highest BCUT2D eigenvalue weighted by molar-refractivity contribution is 6.17. The molecular weight excluding hydrogens is 396 g/mol. The second-order valence-electron chi connectivity index (χ2n) is 7.32. The smallest absolute Gasteiger partial charge is 0.341 e. The van der Waals surface area contributed by atoms with Gasteiger partial charge in [-0.3, -0.25) is 4.79 Å². The minimum Gasteiger partial charge on any atom is -0.462 e. The highest BCUT2D eigenvalue weighted by atomic mass is 16.5. The predicted octanol–water partition coefficient (Wildman–Crippen LogP) is 2.54. The molecule has 1 spiro atoms. The lowest BCUT2D eigenvalue weighted by atomic mass is 9.68. The number of hydrogen-bond acceptors (Lipinski definition) is 6. The molecule has 1 atom stereocenters. The molecule has 2 aliphatic rings. The fourth-order valence-corrected chi connectivity index (χ4v) is 4.45. The van der Waals surface area contributed by atoms with Crippen LogP contribution in [0.4, 0.5) is 5.69 Å². The molecule has 1 amide bonds. The molecule has 0 saturated carbocycles. The van der Waals surface area contributed by atoms with Gasteiger partial charge in [0, 0.05) is 11.3 Å². The summed E-state index contributed by atoms with van der Waals surface area (Å²) in [6.07, 6.45) is 0. The maximum Gasteiger partial charge on any atom is 0.341 e. The highest BCUT2D eigenvalue weighted by Gasteiger charge is 2.60. The zero-order valence-electron chi connectivity index (χ0n) is 17.0. The molecule has 8 nitrogen and oxygen atoms in total. The first-order valence-electron chi connectivity index (χ1n) is 9.91. The topological polar surface area (TPSA) is 108 Å². The van der Waals surface area contributed by atoms with Crippen molar-refractivity contribution in [2.24, 2.45) is 5.73 Å². The van der Waals surface area contributed by atoms with Gasteiger partial charge >= 0.3 is 5.97 Å². The standard InChI is InChI=1S/C23H20N4O4/c1-3-30-21(28)18-19(24)31-20-17(13(2)26-27(20)14-9-5-4-6-10-14)23(18)15-11-7-8-12-16(15)25-22(23)29/h4-12H,3,24H2,1-2H3,(H,25,29)/t23-/m0/s1. The summed E-state index contributed by atoms with van der Waals surface area (Å²) in [4.78, 5) is 26.7. The van der Waals surface area contributed by atoms with Crippen LogP contribution in [-0.2, 0) is 19.7 Å². The molecule has 2 aromatic carbocycles. The average molecular weight is 416 g/mol. The Kier molecular flexibility index (Phi) is 4.11. The molecule has 0 unspecified atom stereocenters. The number of aryl methyl sites for hydroxylation is 1. The zero-order valence-corrected chi connectivity index (χ0v) is 17.0. The van der Waals surface area contributed by atoms with Crippen LogP contribution < -0.4 is 15.8 Å². The summed E-state index contributed by atoms with van der Waals surface area (Å²) in [6, 6.07) is 16.6. The van der Waals surface area contributed by atoms with Crippen LogP contribution in [0.1, 0.15) is 23.7 Å². The fourth-order valence-electron chi connectivity index (χ4n) is 4.45. The van der Waals surface area contributed by atoms with Crippen molar-refractivity contribution in [2.45, 2.75) is 19.3 Å². The molecule has 0 bridgehead atoms. The molecular formula is C23H20N4O4. The van der Waals surface area contributed by atoms with Gasteiger partial charge in [-0.1, -0.05) is 36.4 Å². The van der Waals surface area contributed by atoms with Gasteiger partial charge < -0.3 is 20.5 Å². The first-order valence-corrected chi connectivity index (χ1v) is 9.91. The Hall–Kier alpha value is -4.07. The lowest BCUT2D eigenvalue weighted by Crippen LogP contribution is -2.46. The minimum absolute atomic E-state index is 0.0417. The Morgan fingerprint density at radius 1 is 1.19 bits per heavy atom. The zero-order chi connectivity index (χ0) is 21.8. The number of para-hydroxylation sites is 2. The molecule has 1 aromatic heterocycles. The first kappa shape index (κ1) is 18.9. The normalized spacial score (nSPS) is 19.0. The number of benzene rings is 2. The van der Waals surface area contributed by atoms with E-state index in [1.165, 1.54) is 0 Å². The van der Waals surface area contributed by atoms with Gasteiger partial charge in [0.15, 0.2) is 0 Å². The van der Waals surface area contributed by atoms with Crippen molar-refractivity contribution in [2.75, 3.05) is 11.9 Å². The van der Waals surface area contributed by atoms with E-state index in [2.05, 4.69) is 10.4 Å². The van der Waals surface area contributed by atoms with E-state index in [0.29, 0.717) is 28.4 Å². The quantitative estimate of drug-likeness (QED) is 0.635. The summed E-state index contributed by atoms with van der Waals surface area (Å²) in [5.74, 6) is -1.000. The molecule has 3 N–H and O–H groups in total. The Morgan fingerprint density at radius 2 is 1.90 bits per heavy atom. The number of anilines is 1. The van der Waals surface area contributed by atoms with Gasteiger partial charge in [0.1, 0.15) is 11.0 Å². The molecule has 0 saturated heterocycles. The molecule has 0 radical (unpaired) electrons. The summed E-state index contributed by atoms with van der Waals surface area (Å²) in [5.41, 5.74) is 7.67. The second-order valence-corrected chi connectivity index (χ2v) is 7.32. The maximum atomic E-state index is 13.6. The Balaban J connectivity index is 1.87. The van der Waals surface area contributed by atoms with E-state index < -0.39 is 17.3 Å². The molecule has 0 aliphatic carbocycles. The Labute approximate surface area is 178 Å². The number of carbonyl (C=O) groups is 2. The predicted molar refractivity (Wildman–Crippen MR) is 113 cm³/mol. The number of nitrogens with one attached hydrogen (secondary N) is 1. The van der Waals surface area contributed by atoms with Crippen LogP contribution in [0.5, 0.6) is 5.88 Å². The molecule has 31 heavy (non-hydrogen) atoms.